The normalized spacial score (nSPS) is 10.2. The summed E-state index contributed by atoms with van der Waals surface area (Å²) in [5.74, 6) is 1.52. The van der Waals surface area contributed by atoms with Crippen molar-refractivity contribution in [3.05, 3.63) is 41.6 Å². The molecule has 0 amide bonds. The average molecular weight is 296 g/mol. The molecule has 0 radical (unpaired) electrons. The largest absolute Gasteiger partial charge is 0.467 e. The van der Waals surface area contributed by atoms with Gasteiger partial charge in [0.15, 0.2) is 5.82 Å². The maximum atomic E-state index is 6.00. The number of hydrogen-bond acceptors (Lipinski definition) is 5. The third-order valence-electron chi connectivity index (χ3n) is 2.31. The lowest BCUT2D eigenvalue weighted by atomic mass is 10.4. The molecule has 100 valence electrons. The fraction of sp³-hybridized carbons (Fsp3) is 0.231. The predicted molar refractivity (Wildman–Crippen MR) is 79.2 cm³/mol. The van der Waals surface area contributed by atoms with Crippen molar-refractivity contribution in [2.45, 2.75) is 4.90 Å². The van der Waals surface area contributed by atoms with Gasteiger partial charge >= 0.3 is 6.01 Å². The number of anilines is 1. The molecule has 0 fully saturated rings. The quantitative estimate of drug-likeness (QED) is 0.654. The Bertz CT molecular complexity index is 525. The molecule has 2 rings (SSSR count). The number of methoxy groups -OCH3 is 1. The molecule has 0 aliphatic carbocycles. The Hall–Kier alpha value is -1.46. The van der Waals surface area contributed by atoms with Crippen LogP contribution in [0.4, 0.5) is 5.82 Å². The van der Waals surface area contributed by atoms with Crippen molar-refractivity contribution in [2.75, 3.05) is 24.7 Å². The van der Waals surface area contributed by atoms with Crippen LogP contribution in [0.3, 0.4) is 0 Å². The SMILES string of the molecule is COc1ncc(Cl)c(NCCSc2ccccc2)n1. The summed E-state index contributed by atoms with van der Waals surface area (Å²) in [5.41, 5.74) is 0. The van der Waals surface area contributed by atoms with E-state index in [1.807, 2.05) is 18.2 Å². The van der Waals surface area contributed by atoms with E-state index in [2.05, 4.69) is 27.4 Å². The molecule has 0 saturated carbocycles. The van der Waals surface area contributed by atoms with Crippen molar-refractivity contribution in [2.24, 2.45) is 0 Å². The van der Waals surface area contributed by atoms with Gasteiger partial charge in [-0.1, -0.05) is 29.8 Å². The van der Waals surface area contributed by atoms with Gasteiger partial charge in [-0.15, -0.1) is 11.8 Å². The summed E-state index contributed by atoms with van der Waals surface area (Å²) in [6.07, 6.45) is 1.53. The van der Waals surface area contributed by atoms with Crippen molar-refractivity contribution >= 4 is 29.2 Å². The molecule has 0 atom stereocenters. The Balaban J connectivity index is 1.82. The number of thioether (sulfide) groups is 1. The van der Waals surface area contributed by atoms with E-state index in [1.54, 1.807) is 11.8 Å². The van der Waals surface area contributed by atoms with Crippen LogP contribution in [0.25, 0.3) is 0 Å². The van der Waals surface area contributed by atoms with Crippen LogP contribution in [0.2, 0.25) is 5.02 Å². The van der Waals surface area contributed by atoms with E-state index >= 15 is 0 Å². The van der Waals surface area contributed by atoms with Crippen LogP contribution in [0.15, 0.2) is 41.4 Å². The molecule has 1 N–H and O–H groups in total. The average Bonchev–Trinajstić information content (AvgIpc) is 2.46. The highest BCUT2D eigenvalue weighted by Gasteiger charge is 2.04. The van der Waals surface area contributed by atoms with E-state index in [0.29, 0.717) is 16.9 Å². The van der Waals surface area contributed by atoms with Crippen LogP contribution in [0.5, 0.6) is 6.01 Å². The molecule has 2 aromatic rings. The number of ether oxygens (including phenoxy) is 1. The van der Waals surface area contributed by atoms with Crippen LogP contribution in [-0.2, 0) is 0 Å². The van der Waals surface area contributed by atoms with E-state index in [-0.39, 0.29) is 0 Å². The van der Waals surface area contributed by atoms with E-state index < -0.39 is 0 Å². The zero-order valence-electron chi connectivity index (χ0n) is 10.5. The minimum Gasteiger partial charge on any atom is -0.467 e. The van der Waals surface area contributed by atoms with Gasteiger partial charge in [0, 0.05) is 17.2 Å². The third kappa shape index (κ3) is 4.29. The summed E-state index contributed by atoms with van der Waals surface area (Å²) in [5, 5.41) is 3.67. The molecular formula is C13H14ClN3OS. The highest BCUT2D eigenvalue weighted by Crippen LogP contribution is 2.21. The van der Waals surface area contributed by atoms with Crippen LogP contribution >= 0.6 is 23.4 Å². The molecule has 0 spiro atoms. The molecule has 1 aromatic heterocycles. The fourth-order valence-corrected chi connectivity index (χ4v) is 2.38. The van der Waals surface area contributed by atoms with Crippen LogP contribution < -0.4 is 10.1 Å². The molecule has 0 unspecified atom stereocenters. The van der Waals surface area contributed by atoms with Crippen molar-refractivity contribution < 1.29 is 4.74 Å². The number of halogens is 1. The Kier molecular flexibility index (Phi) is 5.30. The molecule has 0 saturated heterocycles. The summed E-state index contributed by atoms with van der Waals surface area (Å²) in [6.45, 7) is 0.763. The topological polar surface area (TPSA) is 47.0 Å². The minimum absolute atomic E-state index is 0.308. The molecule has 19 heavy (non-hydrogen) atoms. The molecule has 0 aliphatic heterocycles. The highest BCUT2D eigenvalue weighted by molar-refractivity contribution is 7.99. The van der Waals surface area contributed by atoms with Crippen molar-refractivity contribution in [3.63, 3.8) is 0 Å². The molecular weight excluding hydrogens is 282 g/mol. The molecule has 4 nitrogen and oxygen atoms in total. The molecule has 0 aliphatic rings. The number of benzene rings is 1. The van der Waals surface area contributed by atoms with E-state index in [0.717, 1.165) is 12.3 Å². The number of nitrogens with one attached hydrogen (secondary N) is 1. The maximum absolute atomic E-state index is 6.00. The van der Waals surface area contributed by atoms with Crippen LogP contribution in [0.1, 0.15) is 0 Å². The number of hydrogen-bond donors (Lipinski definition) is 1. The lowest BCUT2D eigenvalue weighted by Gasteiger charge is -2.08. The van der Waals surface area contributed by atoms with Gasteiger partial charge in [0.2, 0.25) is 0 Å². The Morgan fingerprint density at radius 2 is 2.11 bits per heavy atom. The van der Waals surface area contributed by atoms with Gasteiger partial charge < -0.3 is 10.1 Å². The Morgan fingerprint density at radius 1 is 1.32 bits per heavy atom. The second-order valence-corrected chi connectivity index (χ2v) is 5.22. The molecule has 1 heterocycles. The summed E-state index contributed by atoms with van der Waals surface area (Å²) in [6, 6.07) is 10.6. The van der Waals surface area contributed by atoms with E-state index in [1.165, 1.54) is 18.2 Å². The molecule has 6 heteroatoms. The van der Waals surface area contributed by atoms with Crippen molar-refractivity contribution in [3.8, 4) is 6.01 Å². The van der Waals surface area contributed by atoms with Gasteiger partial charge in [0.05, 0.1) is 13.3 Å². The van der Waals surface area contributed by atoms with E-state index in [9.17, 15) is 0 Å². The Labute approximate surface area is 121 Å². The van der Waals surface area contributed by atoms with Gasteiger partial charge in [-0.3, -0.25) is 0 Å². The second-order valence-electron chi connectivity index (χ2n) is 3.64. The minimum atomic E-state index is 0.308. The van der Waals surface area contributed by atoms with Crippen molar-refractivity contribution in [1.29, 1.82) is 0 Å². The van der Waals surface area contributed by atoms with Gasteiger partial charge in [-0.05, 0) is 12.1 Å². The first-order chi connectivity index (χ1) is 9.29. The number of aromatic nitrogens is 2. The smallest absolute Gasteiger partial charge is 0.318 e. The lowest BCUT2D eigenvalue weighted by Crippen LogP contribution is -2.07. The van der Waals surface area contributed by atoms with Crippen LogP contribution in [0, 0.1) is 0 Å². The van der Waals surface area contributed by atoms with Gasteiger partial charge in [0.1, 0.15) is 5.02 Å². The maximum Gasteiger partial charge on any atom is 0.318 e. The van der Waals surface area contributed by atoms with Crippen molar-refractivity contribution in [1.82, 2.24) is 9.97 Å². The van der Waals surface area contributed by atoms with E-state index in [4.69, 9.17) is 16.3 Å². The second kappa shape index (κ2) is 7.21. The zero-order chi connectivity index (χ0) is 13.5. The molecule has 0 bridgehead atoms. The first-order valence-corrected chi connectivity index (χ1v) is 7.14. The fourth-order valence-electron chi connectivity index (χ4n) is 1.43. The van der Waals surface area contributed by atoms with Crippen LogP contribution in [-0.4, -0.2) is 29.4 Å². The first kappa shape index (κ1) is 14.0. The first-order valence-electron chi connectivity index (χ1n) is 5.78. The van der Waals surface area contributed by atoms with Gasteiger partial charge in [-0.2, -0.15) is 4.98 Å². The molecule has 1 aromatic carbocycles. The lowest BCUT2D eigenvalue weighted by molar-refractivity contribution is 0.380. The summed E-state index contributed by atoms with van der Waals surface area (Å²) in [7, 11) is 1.53. The highest BCUT2D eigenvalue weighted by atomic mass is 35.5. The standard InChI is InChI=1S/C13H14ClN3OS/c1-18-13-16-9-11(14)12(17-13)15-7-8-19-10-5-3-2-4-6-10/h2-6,9H,7-8H2,1H3,(H,15,16,17). The summed E-state index contributed by atoms with van der Waals surface area (Å²) < 4.78 is 4.96. The van der Waals surface area contributed by atoms with Gasteiger partial charge in [0.25, 0.3) is 0 Å². The zero-order valence-corrected chi connectivity index (χ0v) is 12.0. The summed E-state index contributed by atoms with van der Waals surface area (Å²) in [4.78, 5) is 9.32. The summed E-state index contributed by atoms with van der Waals surface area (Å²) >= 11 is 7.77. The number of rotatable bonds is 6. The third-order valence-corrected chi connectivity index (χ3v) is 3.60. The number of nitrogens with zero attached hydrogens (tertiary/aromatic N) is 2. The monoisotopic (exact) mass is 295 g/mol. The predicted octanol–water partition coefficient (Wildman–Crippen LogP) is 3.34. The van der Waals surface area contributed by atoms with Gasteiger partial charge in [-0.25, -0.2) is 4.98 Å². The Morgan fingerprint density at radius 3 is 2.84 bits per heavy atom.